The van der Waals surface area contributed by atoms with Crippen LogP contribution in [0.1, 0.15) is 20.9 Å². The third-order valence-corrected chi connectivity index (χ3v) is 5.59. The van der Waals surface area contributed by atoms with E-state index in [4.69, 9.17) is 14.2 Å². The summed E-state index contributed by atoms with van der Waals surface area (Å²) < 4.78 is 15.8. The Morgan fingerprint density at radius 1 is 1.13 bits per heavy atom. The Balaban J connectivity index is 1.79. The number of carbonyl (C=O) groups excluding carboxylic acids is 1. The molecule has 0 fully saturated rings. The van der Waals surface area contributed by atoms with Gasteiger partial charge in [-0.05, 0) is 42.8 Å². The number of aryl methyl sites for hydroxylation is 1. The van der Waals surface area contributed by atoms with Crippen LogP contribution in [-0.4, -0.2) is 50.0 Å². The number of hydrogen-bond donors (Lipinski definition) is 1. The van der Waals surface area contributed by atoms with Crippen LogP contribution >= 0.6 is 11.3 Å². The molecular weight excluding hydrogens is 404 g/mol. The van der Waals surface area contributed by atoms with Crippen LogP contribution in [0.5, 0.6) is 23.0 Å². The Bertz CT molecular complexity index is 1090. The fourth-order valence-electron chi connectivity index (χ4n) is 2.92. The second kappa shape index (κ2) is 9.41. The first-order valence-corrected chi connectivity index (χ1v) is 9.89. The van der Waals surface area contributed by atoms with Crippen molar-refractivity contribution in [3.8, 4) is 33.6 Å². The van der Waals surface area contributed by atoms with Gasteiger partial charge < -0.3 is 19.3 Å². The zero-order valence-electron chi connectivity index (χ0n) is 17.1. The molecule has 0 radical (unpaired) electrons. The molecule has 1 heterocycles. The summed E-state index contributed by atoms with van der Waals surface area (Å²) in [6.45, 7) is 1.77. The number of ketones is 1. The number of carbonyl (C=O) groups is 1. The van der Waals surface area contributed by atoms with Gasteiger partial charge >= 0.3 is 0 Å². The maximum absolute atomic E-state index is 12.7. The molecule has 8 heteroatoms. The average Bonchev–Trinajstić information content (AvgIpc) is 3.14. The van der Waals surface area contributed by atoms with Gasteiger partial charge in [0.2, 0.25) is 0 Å². The van der Waals surface area contributed by atoms with Crippen molar-refractivity contribution >= 4 is 23.3 Å². The molecule has 0 amide bonds. The van der Waals surface area contributed by atoms with Gasteiger partial charge in [-0.15, -0.1) is 11.3 Å². The zero-order chi connectivity index (χ0) is 21.7. The first-order valence-electron chi connectivity index (χ1n) is 9.07. The van der Waals surface area contributed by atoms with E-state index in [-0.39, 0.29) is 18.1 Å². The Morgan fingerprint density at radius 3 is 2.57 bits per heavy atom. The number of hydrogen-bond acceptors (Lipinski definition) is 8. The number of para-hydroxylation sites is 1. The number of aromatic hydroxyl groups is 1. The lowest BCUT2D eigenvalue weighted by molar-refractivity contribution is 0.100. The molecule has 0 unspecified atom stereocenters. The zero-order valence-corrected chi connectivity index (χ0v) is 17.9. The van der Waals surface area contributed by atoms with Crippen LogP contribution in [0.2, 0.25) is 0 Å². The van der Waals surface area contributed by atoms with Gasteiger partial charge in [0.05, 0.1) is 37.5 Å². The SMILES string of the molecule is COc1ccc(C=NCC(=O)c2sc(-c3cccc(OC)c3OC)nc2C)cc1O. The van der Waals surface area contributed by atoms with Crippen molar-refractivity contribution in [2.45, 2.75) is 6.92 Å². The molecule has 1 N–H and O–H groups in total. The predicted octanol–water partition coefficient (Wildman–Crippen LogP) is 4.15. The van der Waals surface area contributed by atoms with Crippen LogP contribution in [0.25, 0.3) is 10.6 Å². The van der Waals surface area contributed by atoms with Crippen molar-refractivity contribution in [1.29, 1.82) is 0 Å². The molecule has 0 aliphatic heterocycles. The molecule has 30 heavy (non-hydrogen) atoms. The highest BCUT2D eigenvalue weighted by molar-refractivity contribution is 7.17. The number of thiazole rings is 1. The number of methoxy groups -OCH3 is 3. The minimum atomic E-state index is -0.132. The van der Waals surface area contributed by atoms with E-state index in [1.807, 2.05) is 12.1 Å². The van der Waals surface area contributed by atoms with Gasteiger partial charge in [0.1, 0.15) is 11.6 Å². The van der Waals surface area contributed by atoms with Gasteiger partial charge in [-0.2, -0.15) is 0 Å². The highest BCUT2D eigenvalue weighted by atomic mass is 32.1. The first-order chi connectivity index (χ1) is 14.5. The molecule has 0 atom stereocenters. The Morgan fingerprint density at radius 2 is 1.90 bits per heavy atom. The Labute approximate surface area is 178 Å². The van der Waals surface area contributed by atoms with Crippen LogP contribution in [0.3, 0.4) is 0 Å². The average molecular weight is 426 g/mol. The van der Waals surface area contributed by atoms with Crippen molar-refractivity contribution in [3.63, 3.8) is 0 Å². The molecule has 0 saturated heterocycles. The summed E-state index contributed by atoms with van der Waals surface area (Å²) in [6, 6.07) is 10.4. The van der Waals surface area contributed by atoms with Crippen LogP contribution in [0, 0.1) is 6.92 Å². The highest BCUT2D eigenvalue weighted by Crippen LogP contribution is 2.40. The summed E-state index contributed by atoms with van der Waals surface area (Å²) in [6.07, 6.45) is 1.54. The summed E-state index contributed by atoms with van der Waals surface area (Å²) >= 11 is 1.30. The molecule has 156 valence electrons. The van der Waals surface area contributed by atoms with Gasteiger partial charge in [0, 0.05) is 6.21 Å². The maximum Gasteiger partial charge on any atom is 0.196 e. The van der Waals surface area contributed by atoms with E-state index in [1.165, 1.54) is 24.5 Å². The second-order valence-corrected chi connectivity index (χ2v) is 7.30. The number of phenolic OH excluding ortho intramolecular Hbond substituents is 1. The van der Waals surface area contributed by atoms with E-state index in [1.54, 1.807) is 45.6 Å². The Kier molecular flexibility index (Phi) is 6.68. The van der Waals surface area contributed by atoms with Crippen LogP contribution in [-0.2, 0) is 0 Å². The van der Waals surface area contributed by atoms with Gasteiger partial charge in [0.25, 0.3) is 0 Å². The fourth-order valence-corrected chi connectivity index (χ4v) is 3.94. The third-order valence-electron chi connectivity index (χ3n) is 4.36. The molecule has 0 spiro atoms. The van der Waals surface area contributed by atoms with Gasteiger partial charge in [0.15, 0.2) is 28.8 Å². The van der Waals surface area contributed by atoms with E-state index in [0.29, 0.717) is 38.4 Å². The molecule has 0 bridgehead atoms. The summed E-state index contributed by atoms with van der Waals surface area (Å²) in [4.78, 5) is 22.0. The summed E-state index contributed by atoms with van der Waals surface area (Å²) in [5.41, 5.74) is 2.08. The monoisotopic (exact) mass is 426 g/mol. The number of rotatable bonds is 8. The normalized spacial score (nSPS) is 10.9. The van der Waals surface area contributed by atoms with Gasteiger partial charge in [-0.1, -0.05) is 6.07 Å². The molecule has 1 aromatic heterocycles. The van der Waals surface area contributed by atoms with Crippen molar-refractivity contribution in [2.24, 2.45) is 4.99 Å². The van der Waals surface area contributed by atoms with Crippen molar-refractivity contribution in [2.75, 3.05) is 27.9 Å². The van der Waals surface area contributed by atoms with E-state index < -0.39 is 0 Å². The van der Waals surface area contributed by atoms with E-state index >= 15 is 0 Å². The van der Waals surface area contributed by atoms with Crippen molar-refractivity contribution in [1.82, 2.24) is 4.98 Å². The molecule has 0 aliphatic rings. The topological polar surface area (TPSA) is 90.2 Å². The smallest absolute Gasteiger partial charge is 0.196 e. The minimum absolute atomic E-state index is 0.0166. The second-order valence-electron chi connectivity index (χ2n) is 6.30. The lowest BCUT2D eigenvalue weighted by Crippen LogP contribution is -2.03. The Hall–Kier alpha value is -3.39. The number of nitrogens with zero attached hydrogens (tertiary/aromatic N) is 2. The summed E-state index contributed by atoms with van der Waals surface area (Å²) in [5, 5.41) is 10.5. The van der Waals surface area contributed by atoms with Gasteiger partial charge in [-0.3, -0.25) is 9.79 Å². The van der Waals surface area contributed by atoms with Crippen LogP contribution in [0.15, 0.2) is 41.4 Å². The third kappa shape index (κ3) is 4.44. The number of aliphatic imine (C=N–C) groups is 1. The number of ether oxygens (including phenoxy) is 3. The molecule has 3 rings (SSSR count). The van der Waals surface area contributed by atoms with Crippen molar-refractivity contribution < 1.29 is 24.1 Å². The summed E-state index contributed by atoms with van der Waals surface area (Å²) in [7, 11) is 4.62. The van der Waals surface area contributed by atoms with Crippen molar-refractivity contribution in [3.05, 3.63) is 52.5 Å². The standard InChI is InChI=1S/C22H22N2O5S/c1-13-21(17(26)12-23-11-14-8-9-18(27-2)16(25)10-14)30-22(24-13)15-6-5-7-19(28-3)20(15)29-4/h5-11,25H,12H2,1-4H3. The van der Waals surface area contributed by atoms with Gasteiger partial charge in [-0.25, -0.2) is 4.98 Å². The number of phenols is 1. The maximum atomic E-state index is 12.7. The highest BCUT2D eigenvalue weighted by Gasteiger charge is 2.19. The molecule has 7 nitrogen and oxygen atoms in total. The van der Waals surface area contributed by atoms with Crippen LogP contribution in [0.4, 0.5) is 0 Å². The minimum Gasteiger partial charge on any atom is -0.504 e. The van der Waals surface area contributed by atoms with E-state index in [2.05, 4.69) is 9.98 Å². The number of benzene rings is 2. The lowest BCUT2D eigenvalue weighted by atomic mass is 10.2. The van der Waals surface area contributed by atoms with E-state index in [9.17, 15) is 9.90 Å². The predicted molar refractivity (Wildman–Crippen MR) is 117 cm³/mol. The number of Topliss-reactive ketones (excluding diaryl/α,β-unsaturated/α-hetero) is 1. The molecule has 3 aromatic rings. The molecule has 0 saturated carbocycles. The first kappa shape index (κ1) is 21.3. The quantitative estimate of drug-likeness (QED) is 0.430. The largest absolute Gasteiger partial charge is 0.504 e. The fraction of sp³-hybridized carbons (Fsp3) is 0.227. The van der Waals surface area contributed by atoms with Crippen LogP contribution < -0.4 is 14.2 Å². The molecule has 0 aliphatic carbocycles. The number of aromatic nitrogens is 1. The summed E-state index contributed by atoms with van der Waals surface area (Å²) in [5.74, 6) is 1.44. The molecular formula is C22H22N2O5S. The van der Waals surface area contributed by atoms with E-state index in [0.717, 1.165) is 5.56 Å². The lowest BCUT2D eigenvalue weighted by Gasteiger charge is -2.10. The molecule has 2 aromatic carbocycles.